The first kappa shape index (κ1) is 19.7. The number of carboxylic acid groups (broad SMARTS) is 1. The largest absolute Gasteiger partial charge is 0.481 e. The second-order valence-electron chi connectivity index (χ2n) is 7.66. The highest BCUT2D eigenvalue weighted by Crippen LogP contribution is 2.18. The molecule has 1 heterocycles. The zero-order chi connectivity index (χ0) is 19.5. The summed E-state index contributed by atoms with van der Waals surface area (Å²) in [6, 6.07) is 7.75. The summed E-state index contributed by atoms with van der Waals surface area (Å²) in [5.41, 5.74) is 3.04. The number of carbonyl (C=O) groups is 2. The van der Waals surface area contributed by atoms with Gasteiger partial charge in [-0.3, -0.25) is 14.3 Å². The molecule has 0 spiro atoms. The van der Waals surface area contributed by atoms with Crippen molar-refractivity contribution >= 4 is 11.9 Å². The van der Waals surface area contributed by atoms with E-state index in [-0.39, 0.29) is 18.0 Å². The lowest BCUT2D eigenvalue weighted by Crippen LogP contribution is -2.34. The molecular weight excluding hydrogens is 330 g/mol. The summed E-state index contributed by atoms with van der Waals surface area (Å²) in [6.07, 6.45) is 1.91. The molecule has 0 bridgehead atoms. The van der Waals surface area contributed by atoms with Gasteiger partial charge < -0.3 is 10.4 Å². The normalized spacial score (nSPS) is 12.7. The van der Waals surface area contributed by atoms with Crippen LogP contribution in [-0.4, -0.2) is 33.3 Å². The number of nitrogens with zero attached hydrogens (tertiary/aromatic N) is 2. The summed E-state index contributed by atoms with van der Waals surface area (Å²) in [4.78, 5) is 24.1. The van der Waals surface area contributed by atoms with Crippen LogP contribution in [0.1, 0.15) is 48.0 Å². The number of benzene rings is 1. The van der Waals surface area contributed by atoms with Crippen LogP contribution in [0, 0.1) is 19.8 Å². The number of aromatic nitrogens is 2. The highest BCUT2D eigenvalue weighted by molar-refractivity contribution is 5.95. The van der Waals surface area contributed by atoms with Gasteiger partial charge in [-0.1, -0.05) is 29.8 Å². The predicted molar refractivity (Wildman–Crippen MR) is 100 cm³/mol. The molecule has 0 aliphatic carbocycles. The van der Waals surface area contributed by atoms with E-state index in [0.717, 1.165) is 16.8 Å². The maximum Gasteiger partial charge on any atom is 0.308 e. The standard InChI is InChI=1S/C20H27N3O3/c1-13-7-6-8-15(9-13)10-16(19(25)26)11-21-18(24)17-12-22-23(14(17)2)20(3,4)5/h6-9,12,16H,10-11H2,1-5H3,(H,21,24)(H,25,26). The quantitative estimate of drug-likeness (QED) is 0.832. The number of hydrogen-bond acceptors (Lipinski definition) is 3. The van der Waals surface area contributed by atoms with E-state index in [9.17, 15) is 14.7 Å². The lowest BCUT2D eigenvalue weighted by Gasteiger charge is -2.21. The third-order valence-corrected chi connectivity index (χ3v) is 4.31. The van der Waals surface area contributed by atoms with Crippen molar-refractivity contribution in [3.05, 3.63) is 52.8 Å². The van der Waals surface area contributed by atoms with Crippen molar-refractivity contribution in [3.63, 3.8) is 0 Å². The number of hydrogen-bond donors (Lipinski definition) is 2. The van der Waals surface area contributed by atoms with Gasteiger partial charge in [0.05, 0.1) is 23.2 Å². The summed E-state index contributed by atoms with van der Waals surface area (Å²) in [7, 11) is 0. The Morgan fingerprint density at radius 3 is 2.50 bits per heavy atom. The topological polar surface area (TPSA) is 84.2 Å². The van der Waals surface area contributed by atoms with Crippen molar-refractivity contribution in [1.29, 1.82) is 0 Å². The zero-order valence-corrected chi connectivity index (χ0v) is 16.0. The van der Waals surface area contributed by atoms with Gasteiger partial charge in [0.1, 0.15) is 0 Å². The first-order valence-corrected chi connectivity index (χ1v) is 8.71. The van der Waals surface area contributed by atoms with Crippen LogP contribution in [0.15, 0.2) is 30.5 Å². The minimum absolute atomic E-state index is 0.0717. The molecule has 0 aliphatic rings. The van der Waals surface area contributed by atoms with E-state index in [1.165, 1.54) is 6.20 Å². The van der Waals surface area contributed by atoms with Crippen molar-refractivity contribution in [3.8, 4) is 0 Å². The van der Waals surface area contributed by atoms with Crippen molar-refractivity contribution in [2.45, 2.75) is 46.6 Å². The van der Waals surface area contributed by atoms with E-state index in [2.05, 4.69) is 10.4 Å². The second-order valence-corrected chi connectivity index (χ2v) is 7.66. The van der Waals surface area contributed by atoms with Gasteiger partial charge in [-0.05, 0) is 46.6 Å². The Balaban J connectivity index is 2.06. The molecule has 2 rings (SSSR count). The molecule has 0 fully saturated rings. The Morgan fingerprint density at radius 1 is 1.27 bits per heavy atom. The molecule has 0 saturated heterocycles. The monoisotopic (exact) mass is 357 g/mol. The highest BCUT2D eigenvalue weighted by atomic mass is 16.4. The molecule has 6 nitrogen and oxygen atoms in total. The molecule has 1 unspecified atom stereocenters. The molecule has 0 saturated carbocycles. The summed E-state index contributed by atoms with van der Waals surface area (Å²) < 4.78 is 1.79. The minimum atomic E-state index is -0.922. The van der Waals surface area contributed by atoms with Crippen molar-refractivity contribution in [2.24, 2.45) is 5.92 Å². The number of aryl methyl sites for hydroxylation is 1. The lowest BCUT2D eigenvalue weighted by atomic mass is 9.98. The fourth-order valence-corrected chi connectivity index (χ4v) is 2.99. The maximum absolute atomic E-state index is 12.5. The second kappa shape index (κ2) is 7.72. The Kier molecular flexibility index (Phi) is 5.85. The van der Waals surface area contributed by atoms with Gasteiger partial charge in [0.25, 0.3) is 5.91 Å². The van der Waals surface area contributed by atoms with E-state index in [4.69, 9.17) is 0 Å². The Morgan fingerprint density at radius 2 is 1.96 bits per heavy atom. The van der Waals surface area contributed by atoms with Crippen molar-refractivity contribution in [1.82, 2.24) is 15.1 Å². The van der Waals surface area contributed by atoms with E-state index in [1.807, 2.05) is 58.9 Å². The third-order valence-electron chi connectivity index (χ3n) is 4.31. The van der Waals surface area contributed by atoms with Gasteiger partial charge in [0.15, 0.2) is 0 Å². The lowest BCUT2D eigenvalue weighted by molar-refractivity contribution is -0.141. The molecule has 1 amide bonds. The molecule has 140 valence electrons. The number of amides is 1. The van der Waals surface area contributed by atoms with Gasteiger partial charge in [-0.2, -0.15) is 5.10 Å². The molecular formula is C20H27N3O3. The number of aliphatic carboxylic acids is 1. The highest BCUT2D eigenvalue weighted by Gasteiger charge is 2.23. The average molecular weight is 357 g/mol. The van der Waals surface area contributed by atoms with Crippen molar-refractivity contribution < 1.29 is 14.7 Å². The summed E-state index contributed by atoms with van der Waals surface area (Å²) in [5.74, 6) is -1.90. The van der Waals surface area contributed by atoms with Crippen LogP contribution in [0.5, 0.6) is 0 Å². The SMILES string of the molecule is Cc1cccc(CC(CNC(=O)c2cnn(C(C)(C)C)c2C)C(=O)O)c1. The Labute approximate surface area is 154 Å². The molecule has 2 aromatic rings. The molecule has 0 aliphatic heterocycles. The molecule has 1 aromatic heterocycles. The van der Waals surface area contributed by atoms with Crippen LogP contribution in [0.3, 0.4) is 0 Å². The van der Waals surface area contributed by atoms with Crippen LogP contribution in [0.4, 0.5) is 0 Å². The first-order valence-electron chi connectivity index (χ1n) is 8.71. The molecule has 6 heteroatoms. The van der Waals surface area contributed by atoms with E-state index in [0.29, 0.717) is 12.0 Å². The number of rotatable bonds is 6. The molecule has 1 aromatic carbocycles. The summed E-state index contributed by atoms with van der Waals surface area (Å²) >= 11 is 0. The fourth-order valence-electron chi connectivity index (χ4n) is 2.99. The molecule has 2 N–H and O–H groups in total. The van der Waals surface area contributed by atoms with E-state index in [1.54, 1.807) is 4.68 Å². The zero-order valence-electron chi connectivity index (χ0n) is 16.0. The minimum Gasteiger partial charge on any atom is -0.481 e. The molecule has 0 radical (unpaired) electrons. The smallest absolute Gasteiger partial charge is 0.308 e. The number of carbonyl (C=O) groups excluding carboxylic acids is 1. The molecule has 26 heavy (non-hydrogen) atoms. The van der Waals surface area contributed by atoms with Gasteiger partial charge in [0, 0.05) is 12.2 Å². The van der Waals surface area contributed by atoms with E-state index >= 15 is 0 Å². The van der Waals surface area contributed by atoms with Crippen LogP contribution < -0.4 is 5.32 Å². The fraction of sp³-hybridized carbons (Fsp3) is 0.450. The summed E-state index contributed by atoms with van der Waals surface area (Å²) in [5, 5.41) is 16.5. The molecule has 1 atom stereocenters. The van der Waals surface area contributed by atoms with Crippen LogP contribution in [-0.2, 0) is 16.8 Å². The van der Waals surface area contributed by atoms with Crippen molar-refractivity contribution in [2.75, 3.05) is 6.54 Å². The van der Waals surface area contributed by atoms with Crippen LogP contribution in [0.2, 0.25) is 0 Å². The average Bonchev–Trinajstić information content (AvgIpc) is 2.92. The first-order chi connectivity index (χ1) is 12.1. The van der Waals surface area contributed by atoms with Gasteiger partial charge in [-0.25, -0.2) is 0 Å². The predicted octanol–water partition coefficient (Wildman–Crippen LogP) is 2.93. The summed E-state index contributed by atoms with van der Waals surface area (Å²) in [6.45, 7) is 9.92. The number of nitrogens with one attached hydrogen (secondary N) is 1. The van der Waals surface area contributed by atoms with Gasteiger partial charge in [0.2, 0.25) is 0 Å². The number of carboxylic acids is 1. The Hall–Kier alpha value is -2.63. The van der Waals surface area contributed by atoms with Gasteiger partial charge >= 0.3 is 5.97 Å². The van der Waals surface area contributed by atoms with Crippen LogP contribution in [0.25, 0.3) is 0 Å². The van der Waals surface area contributed by atoms with Gasteiger partial charge in [-0.15, -0.1) is 0 Å². The van der Waals surface area contributed by atoms with Crippen LogP contribution >= 0.6 is 0 Å². The van der Waals surface area contributed by atoms with E-state index < -0.39 is 11.9 Å². The Bertz CT molecular complexity index is 803. The maximum atomic E-state index is 12.5. The third kappa shape index (κ3) is 4.71.